The fraction of sp³-hybridized carbons (Fsp3) is 0.350. The number of carbonyl (C=O) groups excluding carboxylic acids is 3. The van der Waals surface area contributed by atoms with Gasteiger partial charge in [0.15, 0.2) is 0 Å². The number of amides is 1. The van der Waals surface area contributed by atoms with Crippen LogP contribution in [0.3, 0.4) is 0 Å². The van der Waals surface area contributed by atoms with E-state index in [1.54, 1.807) is 45.0 Å². The number of aromatic hydroxyl groups is 2. The maximum atomic E-state index is 12.4. The number of hydrogen-bond acceptors (Lipinski definition) is 8. The van der Waals surface area contributed by atoms with Gasteiger partial charge in [0.2, 0.25) is 11.8 Å². The summed E-state index contributed by atoms with van der Waals surface area (Å²) in [5, 5.41) is 21.4. The Bertz CT molecular complexity index is 866. The number of carbonyl (C=O) groups is 3. The Labute approximate surface area is 172 Å². The molecular weight excluding hydrogens is 396 g/mol. The number of ether oxygens (including phenoxy) is 2. The van der Waals surface area contributed by atoms with Crippen LogP contribution in [0, 0.1) is 0 Å². The third-order valence-corrected chi connectivity index (χ3v) is 3.56. The van der Waals surface area contributed by atoms with Crippen molar-refractivity contribution in [2.75, 3.05) is 0 Å². The van der Waals surface area contributed by atoms with Crippen LogP contribution in [0.1, 0.15) is 32.8 Å². The standard InChI is InChI=1S/C20H24N2O8/c1-20(2,3)29-18(26)14(11-17(25)30-22-15(23)9-10-16(22)24)21-19(27)28-12-13-7-5-4-6-8-13/h4-10,14,23-24H,11-12H2,1-3H3,(H,21,27)/t14-/m0/s1. The molecule has 0 unspecified atom stereocenters. The van der Waals surface area contributed by atoms with E-state index in [1.165, 1.54) is 0 Å². The Morgan fingerprint density at radius 3 is 2.20 bits per heavy atom. The molecule has 162 valence electrons. The number of rotatable bonds is 7. The highest BCUT2D eigenvalue weighted by Crippen LogP contribution is 2.19. The summed E-state index contributed by atoms with van der Waals surface area (Å²) in [5.74, 6) is -2.94. The first-order chi connectivity index (χ1) is 14.0. The lowest BCUT2D eigenvalue weighted by Crippen LogP contribution is -2.46. The molecule has 10 heteroatoms. The minimum Gasteiger partial charge on any atom is -0.492 e. The van der Waals surface area contributed by atoms with Gasteiger partial charge in [0, 0.05) is 12.1 Å². The van der Waals surface area contributed by atoms with Gasteiger partial charge in [-0.3, -0.25) is 0 Å². The number of nitrogens with one attached hydrogen (secondary N) is 1. The van der Waals surface area contributed by atoms with E-state index in [2.05, 4.69) is 5.32 Å². The highest BCUT2D eigenvalue weighted by Gasteiger charge is 2.30. The molecule has 2 rings (SSSR count). The van der Waals surface area contributed by atoms with E-state index in [1.807, 2.05) is 6.07 Å². The Balaban J connectivity index is 2.03. The molecule has 0 fully saturated rings. The van der Waals surface area contributed by atoms with E-state index in [0.29, 0.717) is 4.73 Å². The van der Waals surface area contributed by atoms with Gasteiger partial charge in [-0.05, 0) is 26.3 Å². The second-order valence-electron chi connectivity index (χ2n) is 7.30. The third-order valence-electron chi connectivity index (χ3n) is 3.56. The van der Waals surface area contributed by atoms with Gasteiger partial charge in [-0.2, -0.15) is 0 Å². The fourth-order valence-corrected chi connectivity index (χ4v) is 2.27. The van der Waals surface area contributed by atoms with Crippen molar-refractivity contribution < 1.29 is 38.9 Å². The zero-order valence-electron chi connectivity index (χ0n) is 16.8. The molecule has 2 aromatic rings. The summed E-state index contributed by atoms with van der Waals surface area (Å²) >= 11 is 0. The number of nitrogens with zero attached hydrogens (tertiary/aromatic N) is 1. The first-order valence-electron chi connectivity index (χ1n) is 9.06. The van der Waals surface area contributed by atoms with Crippen LogP contribution in [0.4, 0.5) is 4.79 Å². The summed E-state index contributed by atoms with van der Waals surface area (Å²) in [6.07, 6.45) is -1.57. The molecule has 1 amide bonds. The summed E-state index contributed by atoms with van der Waals surface area (Å²) in [7, 11) is 0. The van der Waals surface area contributed by atoms with Crippen LogP contribution in [0.15, 0.2) is 42.5 Å². The molecule has 10 nitrogen and oxygen atoms in total. The van der Waals surface area contributed by atoms with E-state index in [-0.39, 0.29) is 6.61 Å². The molecule has 1 atom stereocenters. The Morgan fingerprint density at radius 2 is 1.63 bits per heavy atom. The van der Waals surface area contributed by atoms with E-state index in [0.717, 1.165) is 17.7 Å². The van der Waals surface area contributed by atoms with Gasteiger partial charge >= 0.3 is 18.0 Å². The van der Waals surface area contributed by atoms with Gasteiger partial charge < -0.3 is 29.8 Å². The van der Waals surface area contributed by atoms with Gasteiger partial charge in [0.1, 0.15) is 18.2 Å². The van der Waals surface area contributed by atoms with Crippen molar-refractivity contribution in [2.24, 2.45) is 0 Å². The molecule has 0 spiro atoms. The Hall–Kier alpha value is -3.69. The molecule has 0 aliphatic heterocycles. The van der Waals surface area contributed by atoms with E-state index in [4.69, 9.17) is 14.3 Å². The maximum Gasteiger partial charge on any atom is 0.408 e. The number of benzene rings is 1. The molecular formula is C20H24N2O8. The lowest BCUT2D eigenvalue weighted by atomic mass is 10.1. The highest BCUT2D eigenvalue weighted by atomic mass is 16.7. The largest absolute Gasteiger partial charge is 0.492 e. The van der Waals surface area contributed by atoms with Crippen molar-refractivity contribution in [3.63, 3.8) is 0 Å². The number of alkyl carbamates (subject to hydrolysis) is 1. The van der Waals surface area contributed by atoms with Crippen LogP contribution >= 0.6 is 0 Å². The van der Waals surface area contributed by atoms with Gasteiger partial charge in [0.25, 0.3) is 0 Å². The minimum absolute atomic E-state index is 0.0384. The van der Waals surface area contributed by atoms with E-state index < -0.39 is 47.9 Å². The first kappa shape index (κ1) is 22.6. The van der Waals surface area contributed by atoms with E-state index in [9.17, 15) is 24.6 Å². The second-order valence-corrected chi connectivity index (χ2v) is 7.30. The molecule has 0 aliphatic rings. The number of aromatic nitrogens is 1. The predicted octanol–water partition coefficient (Wildman–Crippen LogP) is 1.88. The van der Waals surface area contributed by atoms with Crippen molar-refractivity contribution in [2.45, 2.75) is 45.4 Å². The number of hydrogen-bond donors (Lipinski definition) is 3. The highest BCUT2D eigenvalue weighted by molar-refractivity contribution is 5.86. The van der Waals surface area contributed by atoms with Crippen LogP contribution in [0.2, 0.25) is 0 Å². The van der Waals surface area contributed by atoms with E-state index >= 15 is 0 Å². The van der Waals surface area contributed by atoms with Crippen molar-refractivity contribution in [1.82, 2.24) is 10.0 Å². The Kier molecular flexibility index (Phi) is 7.29. The molecule has 0 aliphatic carbocycles. The zero-order valence-corrected chi connectivity index (χ0v) is 16.8. The van der Waals surface area contributed by atoms with Gasteiger partial charge in [0.05, 0.1) is 6.42 Å². The summed E-state index contributed by atoms with van der Waals surface area (Å²) in [4.78, 5) is 41.6. The third kappa shape index (κ3) is 7.04. The van der Waals surface area contributed by atoms with Crippen LogP contribution < -0.4 is 10.2 Å². The predicted molar refractivity (Wildman–Crippen MR) is 103 cm³/mol. The van der Waals surface area contributed by atoms with Crippen molar-refractivity contribution in [1.29, 1.82) is 0 Å². The van der Waals surface area contributed by atoms with Crippen molar-refractivity contribution in [3.05, 3.63) is 48.0 Å². The fourth-order valence-electron chi connectivity index (χ4n) is 2.27. The number of esters is 1. The summed E-state index contributed by atoms with van der Waals surface area (Å²) in [5.41, 5.74) is -0.134. The van der Waals surface area contributed by atoms with Gasteiger partial charge in [-0.15, -0.1) is 4.73 Å². The minimum atomic E-state index is -1.42. The molecule has 30 heavy (non-hydrogen) atoms. The monoisotopic (exact) mass is 420 g/mol. The van der Waals surface area contributed by atoms with Crippen molar-refractivity contribution in [3.8, 4) is 11.8 Å². The quantitative estimate of drug-likeness (QED) is 0.578. The SMILES string of the molecule is CC(C)(C)OC(=O)[C@H](CC(=O)On1c(O)ccc1O)NC(=O)OCc1ccccc1. The maximum absolute atomic E-state index is 12.4. The molecule has 3 N–H and O–H groups in total. The van der Waals surface area contributed by atoms with Crippen molar-refractivity contribution >= 4 is 18.0 Å². The second kappa shape index (κ2) is 9.68. The molecule has 0 radical (unpaired) electrons. The van der Waals surface area contributed by atoms with Crippen LogP contribution in [0.25, 0.3) is 0 Å². The van der Waals surface area contributed by atoms with Crippen LogP contribution in [-0.2, 0) is 25.7 Å². The molecule has 1 heterocycles. The summed E-state index contributed by atoms with van der Waals surface area (Å²) in [6.45, 7) is 4.85. The topological polar surface area (TPSA) is 136 Å². The lowest BCUT2D eigenvalue weighted by molar-refractivity contribution is -0.161. The summed E-state index contributed by atoms with van der Waals surface area (Å²) in [6, 6.07) is 9.68. The first-order valence-corrected chi connectivity index (χ1v) is 9.06. The van der Waals surface area contributed by atoms with Crippen LogP contribution in [0.5, 0.6) is 11.8 Å². The lowest BCUT2D eigenvalue weighted by Gasteiger charge is -2.24. The summed E-state index contributed by atoms with van der Waals surface area (Å²) < 4.78 is 10.8. The zero-order chi connectivity index (χ0) is 22.3. The average molecular weight is 420 g/mol. The molecule has 0 saturated carbocycles. The Morgan fingerprint density at radius 1 is 1.03 bits per heavy atom. The van der Waals surface area contributed by atoms with Crippen LogP contribution in [-0.4, -0.2) is 44.6 Å². The van der Waals surface area contributed by atoms with Gasteiger partial charge in [-0.25, -0.2) is 14.4 Å². The molecule has 0 bridgehead atoms. The molecule has 1 aromatic heterocycles. The normalized spacial score (nSPS) is 12.0. The molecule has 0 saturated heterocycles. The molecule has 1 aromatic carbocycles. The average Bonchev–Trinajstić information content (AvgIpc) is 2.97. The smallest absolute Gasteiger partial charge is 0.408 e. The van der Waals surface area contributed by atoms with Gasteiger partial charge in [-0.1, -0.05) is 30.3 Å².